The Bertz CT molecular complexity index is 420. The molecule has 2 aromatic rings. The molecule has 1 nitrogen and oxygen atoms in total. The maximum Gasteiger partial charge on any atom is 0.0400 e. The van der Waals surface area contributed by atoms with E-state index in [0.717, 1.165) is 6.54 Å². The minimum absolute atomic E-state index is 0.881. The van der Waals surface area contributed by atoms with Crippen molar-refractivity contribution < 1.29 is 0 Å². The SMILES string of the molecule is Cc1ccccc1NCc1ccccc1. The quantitative estimate of drug-likeness (QED) is 0.792. The average Bonchev–Trinajstić information content (AvgIpc) is 2.29. The summed E-state index contributed by atoms with van der Waals surface area (Å²) in [5.41, 5.74) is 3.80. The Hall–Kier alpha value is -1.76. The van der Waals surface area contributed by atoms with E-state index in [1.807, 2.05) is 6.07 Å². The fourth-order valence-corrected chi connectivity index (χ4v) is 1.56. The Labute approximate surface area is 90.8 Å². The first-order chi connectivity index (χ1) is 7.36. The first kappa shape index (κ1) is 9.78. The first-order valence-electron chi connectivity index (χ1n) is 5.20. The lowest BCUT2D eigenvalue weighted by molar-refractivity contribution is 1.14. The third-order valence-corrected chi connectivity index (χ3v) is 2.47. The van der Waals surface area contributed by atoms with Crippen LogP contribution in [-0.4, -0.2) is 0 Å². The van der Waals surface area contributed by atoms with Crippen molar-refractivity contribution in [2.75, 3.05) is 5.32 Å². The molecule has 0 heterocycles. The van der Waals surface area contributed by atoms with Crippen LogP contribution in [0, 0.1) is 6.92 Å². The van der Waals surface area contributed by atoms with Gasteiger partial charge in [0.2, 0.25) is 0 Å². The van der Waals surface area contributed by atoms with Gasteiger partial charge >= 0.3 is 0 Å². The van der Waals surface area contributed by atoms with Gasteiger partial charge in [-0.05, 0) is 24.1 Å². The summed E-state index contributed by atoms with van der Waals surface area (Å²) in [5, 5.41) is 3.43. The molecule has 0 amide bonds. The molecular formula is C14H15N. The molecule has 0 aliphatic heterocycles. The summed E-state index contributed by atoms with van der Waals surface area (Å²) in [6.45, 7) is 3.00. The van der Waals surface area contributed by atoms with E-state index in [4.69, 9.17) is 0 Å². The second kappa shape index (κ2) is 4.65. The zero-order valence-electron chi connectivity index (χ0n) is 8.90. The topological polar surface area (TPSA) is 12.0 Å². The number of para-hydroxylation sites is 1. The highest BCUT2D eigenvalue weighted by Gasteiger charge is 1.95. The average molecular weight is 197 g/mol. The van der Waals surface area contributed by atoms with Gasteiger partial charge in [-0.15, -0.1) is 0 Å². The molecule has 0 atom stereocenters. The van der Waals surface area contributed by atoms with Crippen molar-refractivity contribution in [3.63, 3.8) is 0 Å². The normalized spacial score (nSPS) is 9.93. The molecular weight excluding hydrogens is 182 g/mol. The van der Waals surface area contributed by atoms with Crippen LogP contribution in [0.4, 0.5) is 5.69 Å². The molecule has 76 valence electrons. The lowest BCUT2D eigenvalue weighted by Crippen LogP contribution is -2.00. The van der Waals surface area contributed by atoms with Crippen LogP contribution in [0.3, 0.4) is 0 Å². The van der Waals surface area contributed by atoms with E-state index >= 15 is 0 Å². The Morgan fingerprint density at radius 2 is 1.53 bits per heavy atom. The Morgan fingerprint density at radius 1 is 0.867 bits per heavy atom. The Kier molecular flexibility index (Phi) is 3.03. The third kappa shape index (κ3) is 2.59. The molecule has 0 saturated heterocycles. The van der Waals surface area contributed by atoms with Gasteiger partial charge in [-0.3, -0.25) is 0 Å². The molecule has 0 aliphatic carbocycles. The largest absolute Gasteiger partial charge is 0.381 e. The molecule has 0 aromatic heterocycles. The van der Waals surface area contributed by atoms with E-state index in [2.05, 4.69) is 60.8 Å². The number of nitrogens with one attached hydrogen (secondary N) is 1. The zero-order valence-corrected chi connectivity index (χ0v) is 8.90. The molecule has 0 spiro atoms. The zero-order chi connectivity index (χ0) is 10.5. The molecule has 0 aliphatic rings. The van der Waals surface area contributed by atoms with Crippen LogP contribution in [0.5, 0.6) is 0 Å². The van der Waals surface area contributed by atoms with Crippen molar-refractivity contribution in [2.24, 2.45) is 0 Å². The summed E-state index contributed by atoms with van der Waals surface area (Å²) < 4.78 is 0. The standard InChI is InChI=1S/C14H15N/c1-12-7-5-6-10-14(12)15-11-13-8-3-2-4-9-13/h2-10,15H,11H2,1H3. The minimum atomic E-state index is 0.881. The maximum absolute atomic E-state index is 3.43. The van der Waals surface area contributed by atoms with Gasteiger partial charge in [-0.1, -0.05) is 48.5 Å². The van der Waals surface area contributed by atoms with Crippen molar-refractivity contribution in [3.05, 3.63) is 65.7 Å². The number of rotatable bonds is 3. The monoisotopic (exact) mass is 197 g/mol. The number of aryl methyl sites for hydroxylation is 1. The molecule has 0 unspecified atom stereocenters. The van der Waals surface area contributed by atoms with Gasteiger partial charge in [-0.25, -0.2) is 0 Å². The first-order valence-corrected chi connectivity index (χ1v) is 5.20. The number of hydrogen-bond acceptors (Lipinski definition) is 1. The fraction of sp³-hybridized carbons (Fsp3) is 0.143. The van der Waals surface area contributed by atoms with Crippen LogP contribution in [0.25, 0.3) is 0 Å². The van der Waals surface area contributed by atoms with E-state index in [1.165, 1.54) is 16.8 Å². The molecule has 0 fully saturated rings. The van der Waals surface area contributed by atoms with Gasteiger partial charge in [0.15, 0.2) is 0 Å². The molecule has 0 radical (unpaired) electrons. The highest BCUT2D eigenvalue weighted by molar-refractivity contribution is 5.50. The van der Waals surface area contributed by atoms with Gasteiger partial charge in [-0.2, -0.15) is 0 Å². The van der Waals surface area contributed by atoms with Crippen LogP contribution in [0.1, 0.15) is 11.1 Å². The molecule has 1 N–H and O–H groups in total. The van der Waals surface area contributed by atoms with Crippen LogP contribution in [0.2, 0.25) is 0 Å². The highest BCUT2D eigenvalue weighted by atomic mass is 14.9. The van der Waals surface area contributed by atoms with E-state index in [9.17, 15) is 0 Å². The van der Waals surface area contributed by atoms with E-state index in [1.54, 1.807) is 0 Å². The fourth-order valence-electron chi connectivity index (χ4n) is 1.56. The number of benzene rings is 2. The highest BCUT2D eigenvalue weighted by Crippen LogP contribution is 2.14. The lowest BCUT2D eigenvalue weighted by Gasteiger charge is -2.08. The molecule has 0 bridgehead atoms. The van der Waals surface area contributed by atoms with Gasteiger partial charge in [0.1, 0.15) is 0 Å². The minimum Gasteiger partial charge on any atom is -0.381 e. The molecule has 2 aromatic carbocycles. The van der Waals surface area contributed by atoms with E-state index in [-0.39, 0.29) is 0 Å². The lowest BCUT2D eigenvalue weighted by atomic mass is 10.2. The van der Waals surface area contributed by atoms with Crippen LogP contribution in [-0.2, 0) is 6.54 Å². The number of anilines is 1. The summed E-state index contributed by atoms with van der Waals surface area (Å²) in [6.07, 6.45) is 0. The van der Waals surface area contributed by atoms with Crippen molar-refractivity contribution in [3.8, 4) is 0 Å². The summed E-state index contributed by atoms with van der Waals surface area (Å²) >= 11 is 0. The number of hydrogen-bond donors (Lipinski definition) is 1. The van der Waals surface area contributed by atoms with Crippen molar-refractivity contribution >= 4 is 5.69 Å². The third-order valence-electron chi connectivity index (χ3n) is 2.47. The van der Waals surface area contributed by atoms with Crippen LogP contribution < -0.4 is 5.32 Å². The van der Waals surface area contributed by atoms with Gasteiger partial charge in [0, 0.05) is 12.2 Å². The van der Waals surface area contributed by atoms with Crippen molar-refractivity contribution in [1.82, 2.24) is 0 Å². The maximum atomic E-state index is 3.43. The molecule has 2 rings (SSSR count). The van der Waals surface area contributed by atoms with Gasteiger partial charge in [0.05, 0.1) is 0 Å². The van der Waals surface area contributed by atoms with Crippen LogP contribution >= 0.6 is 0 Å². The van der Waals surface area contributed by atoms with Crippen molar-refractivity contribution in [2.45, 2.75) is 13.5 Å². The predicted molar refractivity (Wildman–Crippen MR) is 64.9 cm³/mol. The smallest absolute Gasteiger partial charge is 0.0400 e. The second-order valence-electron chi connectivity index (χ2n) is 3.65. The molecule has 1 heteroatoms. The second-order valence-corrected chi connectivity index (χ2v) is 3.65. The predicted octanol–water partition coefficient (Wildman–Crippen LogP) is 3.61. The summed E-state index contributed by atoms with van der Waals surface area (Å²) in [6, 6.07) is 18.8. The summed E-state index contributed by atoms with van der Waals surface area (Å²) in [4.78, 5) is 0. The van der Waals surface area contributed by atoms with E-state index in [0.29, 0.717) is 0 Å². The van der Waals surface area contributed by atoms with Crippen LogP contribution in [0.15, 0.2) is 54.6 Å². The summed E-state index contributed by atoms with van der Waals surface area (Å²) in [5.74, 6) is 0. The van der Waals surface area contributed by atoms with Crippen molar-refractivity contribution in [1.29, 1.82) is 0 Å². The molecule has 15 heavy (non-hydrogen) atoms. The summed E-state index contributed by atoms with van der Waals surface area (Å²) in [7, 11) is 0. The van der Waals surface area contributed by atoms with E-state index < -0.39 is 0 Å². The Morgan fingerprint density at radius 3 is 2.27 bits per heavy atom. The Balaban J connectivity index is 2.03. The van der Waals surface area contributed by atoms with Gasteiger partial charge < -0.3 is 5.32 Å². The molecule has 0 saturated carbocycles. The van der Waals surface area contributed by atoms with Gasteiger partial charge in [0.25, 0.3) is 0 Å².